The molecule has 0 aromatic carbocycles. The van der Waals surface area contributed by atoms with Crippen LogP contribution >= 0.6 is 15.9 Å². The summed E-state index contributed by atoms with van der Waals surface area (Å²) >= 11 is 3.09. The lowest BCUT2D eigenvalue weighted by molar-refractivity contribution is 0.0532. The molecule has 3 nitrogen and oxygen atoms in total. The Balaban J connectivity index is 3.86. The van der Waals surface area contributed by atoms with Crippen LogP contribution in [0.2, 0.25) is 0 Å². The zero-order chi connectivity index (χ0) is 11.2. The van der Waals surface area contributed by atoms with E-state index in [0.29, 0.717) is 17.2 Å². The van der Waals surface area contributed by atoms with Crippen molar-refractivity contribution in [1.29, 1.82) is 0 Å². The van der Waals surface area contributed by atoms with Crippen LogP contribution in [0.1, 0.15) is 20.8 Å². The van der Waals surface area contributed by atoms with Crippen LogP contribution in [0.4, 0.5) is 9.18 Å². The summed E-state index contributed by atoms with van der Waals surface area (Å²) in [5.41, 5.74) is -0.0752. The molecule has 0 atom stereocenters. The topological polar surface area (TPSA) is 38.3 Å². The van der Waals surface area contributed by atoms with Crippen molar-refractivity contribution in [3.8, 4) is 0 Å². The number of halogens is 2. The molecule has 0 saturated heterocycles. The van der Waals surface area contributed by atoms with Gasteiger partial charge in [0.15, 0.2) is 0 Å². The molecule has 0 spiro atoms. The van der Waals surface area contributed by atoms with Crippen molar-refractivity contribution in [2.45, 2.75) is 26.4 Å². The molecule has 0 radical (unpaired) electrons. The van der Waals surface area contributed by atoms with Crippen LogP contribution in [0, 0.1) is 0 Å². The molecule has 0 aliphatic rings. The fourth-order valence-corrected chi connectivity index (χ4v) is 0.935. The molecule has 1 N–H and O–H groups in total. The Morgan fingerprint density at radius 2 is 2.14 bits per heavy atom. The van der Waals surface area contributed by atoms with E-state index in [9.17, 15) is 9.18 Å². The second kappa shape index (κ2) is 6.01. The van der Waals surface area contributed by atoms with Gasteiger partial charge in [-0.3, -0.25) is 0 Å². The molecule has 1 amide bonds. The molecule has 0 aromatic rings. The maximum absolute atomic E-state index is 12.1. The number of ether oxygens (including phenoxy) is 1. The lowest BCUT2D eigenvalue weighted by atomic mass is 10.2. The maximum atomic E-state index is 12.1. The lowest BCUT2D eigenvalue weighted by Gasteiger charge is -2.19. The summed E-state index contributed by atoms with van der Waals surface area (Å²) in [4.78, 5) is 11.1. The number of amides is 1. The second-order valence-corrected chi connectivity index (χ2v) is 4.32. The predicted molar refractivity (Wildman–Crippen MR) is 57.2 cm³/mol. The summed E-state index contributed by atoms with van der Waals surface area (Å²) < 4.78 is 17.0. The zero-order valence-corrected chi connectivity index (χ0v) is 10.1. The highest BCUT2D eigenvalue weighted by Crippen LogP contribution is 2.06. The van der Waals surface area contributed by atoms with Gasteiger partial charge in [0.2, 0.25) is 0 Å². The highest BCUT2D eigenvalue weighted by molar-refractivity contribution is 9.09. The molecule has 0 heterocycles. The minimum absolute atomic E-state index is 0.149. The van der Waals surface area contributed by atoms with E-state index in [-0.39, 0.29) is 6.54 Å². The van der Waals surface area contributed by atoms with Gasteiger partial charge in [0.05, 0.1) is 6.33 Å². The van der Waals surface area contributed by atoms with Crippen LogP contribution in [0.3, 0.4) is 0 Å². The molecule has 0 aliphatic carbocycles. The molecule has 82 valence electrons. The van der Waals surface area contributed by atoms with Gasteiger partial charge in [0, 0.05) is 11.9 Å². The molecule has 0 unspecified atom stereocenters. The largest absolute Gasteiger partial charge is 0.444 e. The summed E-state index contributed by atoms with van der Waals surface area (Å²) in [5, 5.41) is 2.83. The van der Waals surface area contributed by atoms with Crippen molar-refractivity contribution < 1.29 is 13.9 Å². The summed E-state index contributed by atoms with van der Waals surface area (Å²) in [6.07, 6.45) is -0.0793. The Labute approximate surface area is 91.8 Å². The first-order valence-corrected chi connectivity index (χ1v) is 5.32. The first-order chi connectivity index (χ1) is 6.39. The van der Waals surface area contributed by atoms with Crippen molar-refractivity contribution in [1.82, 2.24) is 5.32 Å². The minimum atomic E-state index is -0.544. The first kappa shape index (κ1) is 13.4. The number of rotatable bonds is 3. The van der Waals surface area contributed by atoms with Crippen LogP contribution in [0.5, 0.6) is 0 Å². The van der Waals surface area contributed by atoms with Crippen molar-refractivity contribution in [2.75, 3.05) is 11.9 Å². The van der Waals surface area contributed by atoms with Gasteiger partial charge in [-0.15, -0.1) is 0 Å². The molecule has 5 heteroatoms. The Bertz CT molecular complexity index is 223. The van der Waals surface area contributed by atoms with E-state index in [0.717, 1.165) is 0 Å². The number of nitrogens with one attached hydrogen (secondary N) is 1. The number of hydrogen-bond donors (Lipinski definition) is 1. The minimum Gasteiger partial charge on any atom is -0.444 e. The van der Waals surface area contributed by atoms with Gasteiger partial charge < -0.3 is 10.1 Å². The van der Waals surface area contributed by atoms with Crippen LogP contribution in [-0.4, -0.2) is 23.6 Å². The van der Waals surface area contributed by atoms with Crippen LogP contribution in [0.15, 0.2) is 11.9 Å². The standard InChI is InChI=1S/C9H15BrFNO2/c1-9(2,3)14-8(13)12-6-7(4-10)5-11/h5H,4,6H2,1-3H3,(H,12,13)/b7-5+. The van der Waals surface area contributed by atoms with Gasteiger partial charge in [-0.05, 0) is 26.3 Å². The van der Waals surface area contributed by atoms with E-state index >= 15 is 0 Å². The summed E-state index contributed by atoms with van der Waals surface area (Å²) in [7, 11) is 0. The fourth-order valence-electron chi connectivity index (χ4n) is 0.615. The van der Waals surface area contributed by atoms with E-state index in [2.05, 4.69) is 21.2 Å². The van der Waals surface area contributed by atoms with Crippen LogP contribution < -0.4 is 5.32 Å². The van der Waals surface area contributed by atoms with Crippen LogP contribution in [-0.2, 0) is 4.74 Å². The Hall–Kier alpha value is -0.580. The molecule has 14 heavy (non-hydrogen) atoms. The third-order valence-corrected chi connectivity index (χ3v) is 1.90. The zero-order valence-electron chi connectivity index (χ0n) is 8.56. The van der Waals surface area contributed by atoms with Crippen molar-refractivity contribution in [3.05, 3.63) is 11.9 Å². The van der Waals surface area contributed by atoms with Crippen molar-refractivity contribution in [3.63, 3.8) is 0 Å². The van der Waals surface area contributed by atoms with Gasteiger partial charge in [-0.2, -0.15) is 0 Å². The molecule has 0 aromatic heterocycles. The number of carbonyl (C=O) groups is 1. The Kier molecular flexibility index (Phi) is 5.76. The highest BCUT2D eigenvalue weighted by Gasteiger charge is 2.15. The van der Waals surface area contributed by atoms with E-state index in [4.69, 9.17) is 4.74 Å². The number of carbonyl (C=O) groups excluding carboxylic acids is 1. The van der Waals surface area contributed by atoms with Gasteiger partial charge in [0.25, 0.3) is 0 Å². The third kappa shape index (κ3) is 6.88. The van der Waals surface area contributed by atoms with Crippen molar-refractivity contribution >= 4 is 22.0 Å². The van der Waals surface area contributed by atoms with Gasteiger partial charge in [-0.25, -0.2) is 9.18 Å². The average molecular weight is 268 g/mol. The monoisotopic (exact) mass is 267 g/mol. The SMILES string of the molecule is CC(C)(C)OC(=O)NC/C(=C/F)CBr. The smallest absolute Gasteiger partial charge is 0.407 e. The van der Waals surface area contributed by atoms with Crippen molar-refractivity contribution in [2.24, 2.45) is 0 Å². The van der Waals surface area contributed by atoms with Gasteiger partial charge >= 0.3 is 6.09 Å². The molecule has 0 bridgehead atoms. The molecule has 0 aliphatic heterocycles. The molecule has 0 fully saturated rings. The van der Waals surface area contributed by atoms with Gasteiger partial charge in [-0.1, -0.05) is 15.9 Å². The molecular formula is C9H15BrFNO2. The van der Waals surface area contributed by atoms with E-state index in [1.54, 1.807) is 20.8 Å². The van der Waals surface area contributed by atoms with Gasteiger partial charge in [0.1, 0.15) is 5.60 Å². The first-order valence-electron chi connectivity index (χ1n) is 4.20. The third-order valence-electron chi connectivity index (χ3n) is 1.18. The summed E-state index contributed by atoms with van der Waals surface area (Å²) in [6.45, 7) is 5.45. The number of alkyl carbamates (subject to hydrolysis) is 1. The quantitative estimate of drug-likeness (QED) is 0.799. The lowest BCUT2D eigenvalue weighted by Crippen LogP contribution is -2.33. The summed E-state index contributed by atoms with van der Waals surface area (Å²) in [6, 6.07) is 0. The summed E-state index contributed by atoms with van der Waals surface area (Å²) in [5.74, 6) is 0. The molecule has 0 saturated carbocycles. The number of hydrogen-bond acceptors (Lipinski definition) is 2. The average Bonchev–Trinajstić information content (AvgIpc) is 2.03. The second-order valence-electron chi connectivity index (χ2n) is 3.76. The Morgan fingerprint density at radius 1 is 1.57 bits per heavy atom. The molecular weight excluding hydrogens is 253 g/mol. The van der Waals surface area contributed by atoms with E-state index < -0.39 is 11.7 Å². The Morgan fingerprint density at radius 3 is 2.50 bits per heavy atom. The fraction of sp³-hybridized carbons (Fsp3) is 0.667. The maximum Gasteiger partial charge on any atom is 0.407 e. The highest BCUT2D eigenvalue weighted by atomic mass is 79.9. The van der Waals surface area contributed by atoms with Crippen LogP contribution in [0.25, 0.3) is 0 Å². The number of alkyl halides is 1. The van der Waals surface area contributed by atoms with E-state index in [1.807, 2.05) is 0 Å². The predicted octanol–water partition coefficient (Wildman–Crippen LogP) is 2.76. The molecule has 0 rings (SSSR count). The normalized spacial score (nSPS) is 12.5. The van der Waals surface area contributed by atoms with E-state index in [1.165, 1.54) is 0 Å².